The molecule has 110 valence electrons. The molecule has 1 aromatic carbocycles. The average Bonchev–Trinajstić information content (AvgIpc) is 2.79. The average molecular weight is 331 g/mol. The van der Waals surface area contributed by atoms with E-state index in [0.717, 1.165) is 20.3 Å². The van der Waals surface area contributed by atoms with E-state index in [1.165, 1.54) is 43.1 Å². The van der Waals surface area contributed by atoms with E-state index < -0.39 is 10.0 Å². The smallest absolute Gasteiger partial charge is 0.230 e. The summed E-state index contributed by atoms with van der Waals surface area (Å²) in [7, 11) is -3.64. The van der Waals surface area contributed by atoms with Crippen LogP contribution >= 0.6 is 23.1 Å². The number of nitrogens with two attached hydrogens (primary N) is 1. The Labute approximate surface area is 127 Å². The van der Waals surface area contributed by atoms with Gasteiger partial charge in [0.25, 0.3) is 0 Å². The summed E-state index contributed by atoms with van der Waals surface area (Å²) in [4.78, 5) is 4.65. The lowest BCUT2D eigenvalue weighted by Crippen LogP contribution is -2.11. The Bertz CT molecular complexity index is 680. The molecule has 1 aromatic heterocycles. The first kappa shape index (κ1) is 15.8. The third kappa shape index (κ3) is 4.18. The molecule has 0 bridgehead atoms. The van der Waals surface area contributed by atoms with E-state index in [1.54, 1.807) is 23.9 Å². The van der Waals surface area contributed by atoms with E-state index in [0.29, 0.717) is 0 Å². The van der Waals surface area contributed by atoms with Crippen LogP contribution in [0.1, 0.15) is 32.6 Å². The molecule has 0 saturated carbocycles. The summed E-state index contributed by atoms with van der Waals surface area (Å²) in [6, 6.07) is 4.82. The zero-order valence-electron chi connectivity index (χ0n) is 11.3. The molecule has 7 heteroatoms. The van der Waals surface area contributed by atoms with Crippen LogP contribution in [0, 0.1) is 0 Å². The van der Waals surface area contributed by atoms with Crippen molar-refractivity contribution in [2.45, 2.75) is 41.8 Å². The van der Waals surface area contributed by atoms with Crippen molar-refractivity contribution in [2.75, 3.05) is 5.75 Å². The highest BCUT2D eigenvalue weighted by molar-refractivity contribution is 8.01. The molecule has 0 atom stereocenters. The fourth-order valence-corrected chi connectivity index (χ4v) is 4.60. The lowest BCUT2D eigenvalue weighted by molar-refractivity contribution is 0.598. The second-order valence-electron chi connectivity index (χ2n) is 4.56. The van der Waals surface area contributed by atoms with Crippen molar-refractivity contribution in [3.8, 4) is 0 Å². The zero-order chi connectivity index (χ0) is 14.6. The minimum Gasteiger partial charge on any atom is -0.230 e. The highest BCUT2D eigenvalue weighted by Crippen LogP contribution is 2.31. The molecule has 2 N–H and O–H groups in total. The Hall–Kier alpha value is -0.630. The summed E-state index contributed by atoms with van der Waals surface area (Å²) in [5.74, 6) is 1.06. The fourth-order valence-electron chi connectivity index (χ4n) is 1.81. The number of primary sulfonamides is 1. The molecule has 0 aliphatic rings. The minimum atomic E-state index is -3.64. The number of unbranched alkanes of at least 4 members (excludes halogenated alkanes) is 3. The summed E-state index contributed by atoms with van der Waals surface area (Å²) >= 11 is 3.26. The molecular weight excluding hydrogens is 312 g/mol. The zero-order valence-corrected chi connectivity index (χ0v) is 13.8. The van der Waals surface area contributed by atoms with Crippen LogP contribution < -0.4 is 5.14 Å². The van der Waals surface area contributed by atoms with E-state index in [2.05, 4.69) is 11.9 Å². The van der Waals surface area contributed by atoms with Crippen molar-refractivity contribution in [1.29, 1.82) is 0 Å². The molecule has 0 amide bonds. The van der Waals surface area contributed by atoms with Crippen LogP contribution in [0.25, 0.3) is 10.2 Å². The first-order chi connectivity index (χ1) is 9.50. The number of thioether (sulfide) groups is 1. The predicted molar refractivity (Wildman–Crippen MR) is 85.9 cm³/mol. The molecule has 0 aliphatic carbocycles. The van der Waals surface area contributed by atoms with Crippen molar-refractivity contribution >= 4 is 43.3 Å². The van der Waals surface area contributed by atoms with Gasteiger partial charge in [-0.05, 0) is 24.6 Å². The second kappa shape index (κ2) is 6.89. The number of fused-ring (bicyclic) bond motifs is 1. The largest absolute Gasteiger partial charge is 0.238 e. The maximum Gasteiger partial charge on any atom is 0.238 e. The van der Waals surface area contributed by atoms with Crippen LogP contribution in [-0.2, 0) is 10.0 Å². The van der Waals surface area contributed by atoms with Gasteiger partial charge in [0.05, 0.1) is 15.1 Å². The first-order valence-corrected chi connectivity index (χ1v) is 9.91. The molecule has 2 aromatic rings. The molecule has 0 unspecified atom stereocenters. The molecular formula is C13H18N2O2S3. The van der Waals surface area contributed by atoms with E-state index >= 15 is 0 Å². The van der Waals surface area contributed by atoms with Crippen LogP contribution in [0.15, 0.2) is 27.4 Å². The van der Waals surface area contributed by atoms with E-state index in [-0.39, 0.29) is 4.90 Å². The number of aromatic nitrogens is 1. The lowest BCUT2D eigenvalue weighted by Gasteiger charge is -1.96. The van der Waals surface area contributed by atoms with Gasteiger partial charge in [-0.1, -0.05) is 37.9 Å². The SMILES string of the molecule is CCCCCCSc1nc2ccc(S(N)(=O)=O)cc2s1. The number of benzene rings is 1. The van der Waals surface area contributed by atoms with Crippen LogP contribution in [0.4, 0.5) is 0 Å². The first-order valence-electron chi connectivity index (χ1n) is 6.57. The van der Waals surface area contributed by atoms with Gasteiger partial charge < -0.3 is 0 Å². The van der Waals surface area contributed by atoms with Crippen LogP contribution in [-0.4, -0.2) is 19.2 Å². The van der Waals surface area contributed by atoms with Crippen molar-refractivity contribution in [3.63, 3.8) is 0 Å². The highest BCUT2D eigenvalue weighted by atomic mass is 32.2. The van der Waals surface area contributed by atoms with Crippen LogP contribution in [0.5, 0.6) is 0 Å². The molecule has 0 aliphatic heterocycles. The summed E-state index contributed by atoms with van der Waals surface area (Å²) in [6.07, 6.45) is 4.96. The highest BCUT2D eigenvalue weighted by Gasteiger charge is 2.11. The van der Waals surface area contributed by atoms with Gasteiger partial charge in [-0.15, -0.1) is 11.3 Å². The second-order valence-corrected chi connectivity index (χ2v) is 8.50. The van der Waals surface area contributed by atoms with Gasteiger partial charge in [-0.3, -0.25) is 0 Å². The summed E-state index contributed by atoms with van der Waals surface area (Å²) < 4.78 is 24.5. The van der Waals surface area contributed by atoms with Gasteiger partial charge in [0.2, 0.25) is 10.0 Å². The molecule has 0 radical (unpaired) electrons. The van der Waals surface area contributed by atoms with Gasteiger partial charge in [-0.2, -0.15) is 0 Å². The maximum atomic E-state index is 11.3. The van der Waals surface area contributed by atoms with Crippen molar-refractivity contribution in [1.82, 2.24) is 4.98 Å². The quantitative estimate of drug-likeness (QED) is 0.621. The Morgan fingerprint density at radius 3 is 2.80 bits per heavy atom. The maximum absolute atomic E-state index is 11.3. The number of sulfonamides is 1. The monoisotopic (exact) mass is 330 g/mol. The molecule has 1 heterocycles. The molecule has 0 fully saturated rings. The Morgan fingerprint density at radius 2 is 2.10 bits per heavy atom. The Kier molecular flexibility index (Phi) is 5.42. The minimum absolute atomic E-state index is 0.146. The van der Waals surface area contributed by atoms with Crippen molar-refractivity contribution in [2.24, 2.45) is 5.14 Å². The number of thiazole rings is 1. The number of hydrogen-bond donors (Lipinski definition) is 1. The summed E-state index contributed by atoms with van der Waals surface area (Å²) in [5, 5.41) is 5.13. The number of hydrogen-bond acceptors (Lipinski definition) is 5. The van der Waals surface area contributed by atoms with Gasteiger partial charge >= 0.3 is 0 Å². The Morgan fingerprint density at radius 1 is 1.30 bits per heavy atom. The third-order valence-corrected chi connectivity index (χ3v) is 6.05. The standard InChI is InChI=1S/C13H18N2O2S3/c1-2-3-4-5-8-18-13-15-11-7-6-10(20(14,16)17)9-12(11)19-13/h6-7,9H,2-5,8H2,1H3,(H2,14,16,17). The molecule has 4 nitrogen and oxygen atoms in total. The molecule has 0 spiro atoms. The Balaban J connectivity index is 2.06. The summed E-state index contributed by atoms with van der Waals surface area (Å²) in [6.45, 7) is 2.20. The molecule has 0 saturated heterocycles. The van der Waals surface area contributed by atoms with E-state index in [4.69, 9.17) is 5.14 Å². The fraction of sp³-hybridized carbons (Fsp3) is 0.462. The van der Waals surface area contributed by atoms with Crippen molar-refractivity contribution < 1.29 is 8.42 Å². The topological polar surface area (TPSA) is 73.0 Å². The normalized spacial score (nSPS) is 12.1. The third-order valence-electron chi connectivity index (χ3n) is 2.89. The molecule has 20 heavy (non-hydrogen) atoms. The summed E-state index contributed by atoms with van der Waals surface area (Å²) in [5.41, 5.74) is 0.832. The van der Waals surface area contributed by atoms with Crippen LogP contribution in [0.3, 0.4) is 0 Å². The van der Waals surface area contributed by atoms with Crippen molar-refractivity contribution in [3.05, 3.63) is 18.2 Å². The number of nitrogens with zero attached hydrogens (tertiary/aromatic N) is 1. The van der Waals surface area contributed by atoms with E-state index in [9.17, 15) is 8.42 Å². The lowest BCUT2D eigenvalue weighted by atomic mass is 10.2. The van der Waals surface area contributed by atoms with Gasteiger partial charge in [0.15, 0.2) is 4.34 Å². The van der Waals surface area contributed by atoms with Gasteiger partial charge in [0, 0.05) is 5.75 Å². The van der Waals surface area contributed by atoms with Gasteiger partial charge in [-0.25, -0.2) is 18.5 Å². The predicted octanol–water partition coefficient (Wildman–Crippen LogP) is 3.62. The van der Waals surface area contributed by atoms with E-state index in [1.807, 2.05) is 0 Å². The van der Waals surface area contributed by atoms with Gasteiger partial charge in [0.1, 0.15) is 0 Å². The number of rotatable bonds is 7. The van der Waals surface area contributed by atoms with Crippen LogP contribution in [0.2, 0.25) is 0 Å². The molecule has 2 rings (SSSR count).